The fourth-order valence-corrected chi connectivity index (χ4v) is 3.08. The summed E-state index contributed by atoms with van der Waals surface area (Å²) in [6.45, 7) is 3.94. The molecule has 3 N–H and O–H groups in total. The van der Waals surface area contributed by atoms with Crippen molar-refractivity contribution in [1.82, 2.24) is 10.6 Å². The molecule has 2 atom stereocenters. The van der Waals surface area contributed by atoms with E-state index in [4.69, 9.17) is 0 Å². The summed E-state index contributed by atoms with van der Waals surface area (Å²) < 4.78 is 0. The van der Waals surface area contributed by atoms with Gasteiger partial charge in [-0.05, 0) is 31.0 Å². The van der Waals surface area contributed by atoms with Crippen LogP contribution in [0.15, 0.2) is 54.6 Å². The first-order chi connectivity index (χ1) is 12.1. The Labute approximate surface area is 148 Å². The number of rotatable bonds is 5. The number of aryl methyl sites for hydroxylation is 1. The molecule has 2 aromatic rings. The first-order valence-electron chi connectivity index (χ1n) is 8.71. The molecular weight excluding hydrogens is 314 g/mol. The van der Waals surface area contributed by atoms with Crippen LogP contribution in [0.4, 0.5) is 10.5 Å². The van der Waals surface area contributed by atoms with Crippen LogP contribution in [0.2, 0.25) is 0 Å². The predicted molar refractivity (Wildman–Crippen MR) is 99.7 cm³/mol. The van der Waals surface area contributed by atoms with Crippen LogP contribution in [-0.2, 0) is 0 Å². The third-order valence-electron chi connectivity index (χ3n) is 4.56. The smallest absolute Gasteiger partial charge is 0.315 e. The summed E-state index contributed by atoms with van der Waals surface area (Å²) in [5, 5.41) is 15.9. The third-order valence-corrected chi connectivity index (χ3v) is 4.56. The van der Waals surface area contributed by atoms with Gasteiger partial charge >= 0.3 is 6.03 Å². The quantitative estimate of drug-likeness (QED) is 0.784. The lowest BCUT2D eigenvalue weighted by Gasteiger charge is -2.19. The topological polar surface area (TPSA) is 64.6 Å². The molecule has 2 amide bonds. The zero-order valence-electron chi connectivity index (χ0n) is 14.5. The van der Waals surface area contributed by atoms with E-state index in [0.29, 0.717) is 0 Å². The molecule has 1 saturated heterocycles. The number of carbonyl (C=O) groups is 1. The Bertz CT molecular complexity index is 688. The van der Waals surface area contributed by atoms with Gasteiger partial charge in [-0.2, -0.15) is 0 Å². The lowest BCUT2D eigenvalue weighted by atomic mass is 10.1. The SMILES string of the molecule is Cc1ccc(C(O)CNC(=O)NC2CCN(c3ccccc3)C2)cc1. The zero-order chi connectivity index (χ0) is 17.6. The van der Waals surface area contributed by atoms with Crippen LogP contribution in [-0.4, -0.2) is 36.8 Å². The van der Waals surface area contributed by atoms with E-state index in [1.807, 2.05) is 49.4 Å². The summed E-state index contributed by atoms with van der Waals surface area (Å²) in [5.74, 6) is 0. The van der Waals surface area contributed by atoms with Crippen molar-refractivity contribution in [3.8, 4) is 0 Å². The Balaban J connectivity index is 1.43. The molecule has 3 rings (SSSR count). The number of benzene rings is 2. The minimum absolute atomic E-state index is 0.122. The molecule has 2 unspecified atom stereocenters. The maximum absolute atomic E-state index is 12.1. The monoisotopic (exact) mass is 339 g/mol. The number of anilines is 1. The normalized spacial score (nSPS) is 18.0. The molecule has 0 spiro atoms. The maximum Gasteiger partial charge on any atom is 0.315 e. The highest BCUT2D eigenvalue weighted by Gasteiger charge is 2.24. The van der Waals surface area contributed by atoms with E-state index >= 15 is 0 Å². The Morgan fingerprint density at radius 1 is 1.20 bits per heavy atom. The van der Waals surface area contributed by atoms with E-state index in [1.165, 1.54) is 5.69 Å². The number of carbonyl (C=O) groups excluding carboxylic acids is 1. The summed E-state index contributed by atoms with van der Waals surface area (Å²) in [6.07, 6.45) is 0.221. The van der Waals surface area contributed by atoms with Gasteiger partial charge in [-0.1, -0.05) is 48.0 Å². The summed E-state index contributed by atoms with van der Waals surface area (Å²) in [7, 11) is 0. The van der Waals surface area contributed by atoms with Crippen molar-refractivity contribution < 1.29 is 9.90 Å². The van der Waals surface area contributed by atoms with E-state index < -0.39 is 6.10 Å². The van der Waals surface area contributed by atoms with E-state index in [-0.39, 0.29) is 18.6 Å². The minimum atomic E-state index is -0.698. The van der Waals surface area contributed by atoms with Gasteiger partial charge in [-0.25, -0.2) is 4.79 Å². The number of nitrogens with zero attached hydrogens (tertiary/aromatic N) is 1. The van der Waals surface area contributed by atoms with E-state index in [0.717, 1.165) is 30.6 Å². The summed E-state index contributed by atoms with van der Waals surface area (Å²) in [4.78, 5) is 14.4. The molecule has 1 heterocycles. The molecule has 1 aliphatic heterocycles. The van der Waals surface area contributed by atoms with Gasteiger partial charge in [0.05, 0.1) is 6.10 Å². The minimum Gasteiger partial charge on any atom is -0.387 e. The Morgan fingerprint density at radius 2 is 1.92 bits per heavy atom. The van der Waals surface area contributed by atoms with Gasteiger partial charge in [-0.15, -0.1) is 0 Å². The van der Waals surface area contributed by atoms with E-state index in [9.17, 15) is 9.90 Å². The van der Waals surface area contributed by atoms with Gasteiger partial charge in [-0.3, -0.25) is 0 Å². The lowest BCUT2D eigenvalue weighted by molar-refractivity contribution is 0.172. The molecule has 132 valence electrons. The maximum atomic E-state index is 12.1. The molecule has 0 saturated carbocycles. The molecule has 0 radical (unpaired) electrons. The molecule has 5 nitrogen and oxygen atoms in total. The van der Waals surface area contributed by atoms with Gasteiger partial charge in [0.15, 0.2) is 0 Å². The summed E-state index contributed by atoms with van der Waals surface area (Å²) in [5.41, 5.74) is 3.13. The first kappa shape index (κ1) is 17.3. The van der Waals surface area contributed by atoms with Crippen LogP contribution >= 0.6 is 0 Å². The Kier molecular flexibility index (Phi) is 5.56. The van der Waals surface area contributed by atoms with Crippen molar-refractivity contribution >= 4 is 11.7 Å². The Hall–Kier alpha value is -2.53. The second-order valence-electron chi connectivity index (χ2n) is 6.55. The van der Waals surface area contributed by atoms with Crippen molar-refractivity contribution in [2.24, 2.45) is 0 Å². The standard InChI is InChI=1S/C20H25N3O2/c1-15-7-9-16(10-8-15)19(24)13-21-20(25)22-17-11-12-23(14-17)18-5-3-2-4-6-18/h2-10,17,19,24H,11-14H2,1H3,(H2,21,22,25). The van der Waals surface area contributed by atoms with Crippen LogP contribution in [0.5, 0.6) is 0 Å². The third kappa shape index (κ3) is 4.73. The van der Waals surface area contributed by atoms with Crippen LogP contribution in [0, 0.1) is 6.92 Å². The summed E-state index contributed by atoms with van der Waals surface area (Å²) in [6, 6.07) is 17.8. The van der Waals surface area contributed by atoms with Crippen LogP contribution in [0.25, 0.3) is 0 Å². The molecule has 25 heavy (non-hydrogen) atoms. The van der Waals surface area contributed by atoms with Gasteiger partial charge < -0.3 is 20.6 Å². The van der Waals surface area contributed by atoms with E-state index in [2.05, 4.69) is 27.7 Å². The molecule has 0 aliphatic carbocycles. The van der Waals surface area contributed by atoms with Gasteiger partial charge in [0, 0.05) is 31.4 Å². The molecule has 0 aromatic heterocycles. The number of nitrogens with one attached hydrogen (secondary N) is 2. The van der Waals surface area contributed by atoms with Gasteiger partial charge in [0.25, 0.3) is 0 Å². The second kappa shape index (κ2) is 8.03. The number of para-hydroxylation sites is 1. The Morgan fingerprint density at radius 3 is 2.64 bits per heavy atom. The lowest BCUT2D eigenvalue weighted by Crippen LogP contribution is -2.44. The zero-order valence-corrected chi connectivity index (χ0v) is 14.5. The molecule has 1 fully saturated rings. The average Bonchev–Trinajstić information content (AvgIpc) is 3.09. The van der Waals surface area contributed by atoms with Crippen molar-refractivity contribution in [1.29, 1.82) is 0 Å². The number of urea groups is 1. The highest BCUT2D eigenvalue weighted by Crippen LogP contribution is 2.19. The van der Waals surface area contributed by atoms with Crippen LogP contribution in [0.1, 0.15) is 23.7 Å². The number of aliphatic hydroxyl groups excluding tert-OH is 1. The highest BCUT2D eigenvalue weighted by molar-refractivity contribution is 5.74. The van der Waals surface area contributed by atoms with E-state index in [1.54, 1.807) is 0 Å². The average molecular weight is 339 g/mol. The first-order valence-corrected chi connectivity index (χ1v) is 8.71. The molecule has 0 bridgehead atoms. The molecule has 1 aliphatic rings. The van der Waals surface area contributed by atoms with Gasteiger partial charge in [0.1, 0.15) is 0 Å². The summed E-state index contributed by atoms with van der Waals surface area (Å²) >= 11 is 0. The highest BCUT2D eigenvalue weighted by atomic mass is 16.3. The predicted octanol–water partition coefficient (Wildman–Crippen LogP) is 2.61. The molecule has 2 aromatic carbocycles. The second-order valence-corrected chi connectivity index (χ2v) is 6.55. The van der Waals surface area contributed by atoms with Crippen molar-refractivity contribution in [2.75, 3.05) is 24.5 Å². The van der Waals surface area contributed by atoms with Crippen LogP contribution in [0.3, 0.4) is 0 Å². The fourth-order valence-electron chi connectivity index (χ4n) is 3.08. The molecular formula is C20H25N3O2. The number of amides is 2. The van der Waals surface area contributed by atoms with Crippen LogP contribution < -0.4 is 15.5 Å². The largest absolute Gasteiger partial charge is 0.387 e. The van der Waals surface area contributed by atoms with Crippen molar-refractivity contribution in [2.45, 2.75) is 25.5 Å². The number of hydrogen-bond acceptors (Lipinski definition) is 3. The fraction of sp³-hybridized carbons (Fsp3) is 0.350. The van der Waals surface area contributed by atoms with Crippen molar-refractivity contribution in [3.05, 3.63) is 65.7 Å². The number of hydrogen-bond donors (Lipinski definition) is 3. The van der Waals surface area contributed by atoms with Gasteiger partial charge in [0.2, 0.25) is 0 Å². The van der Waals surface area contributed by atoms with Crippen molar-refractivity contribution in [3.63, 3.8) is 0 Å². The molecule has 5 heteroatoms. The number of aliphatic hydroxyl groups is 1.